The maximum atomic E-state index is 11.6. The third-order valence-corrected chi connectivity index (χ3v) is 2.33. The van der Waals surface area contributed by atoms with E-state index in [9.17, 15) is 4.79 Å². The second-order valence-electron chi connectivity index (χ2n) is 3.55. The average molecular weight is 215 g/mol. The Morgan fingerprint density at radius 3 is 3.07 bits per heavy atom. The van der Waals surface area contributed by atoms with Crippen molar-refractivity contribution in [2.45, 2.75) is 19.4 Å². The fraction of sp³-hybridized carbons (Fsp3) is 0.900. The number of hydrogen-bond donors (Lipinski definition) is 3. The maximum absolute atomic E-state index is 11.6. The SMILES string of the molecule is CCOCCCNC(=O)C1CNCCN1. The molecule has 0 radical (unpaired) electrons. The zero-order valence-corrected chi connectivity index (χ0v) is 9.34. The van der Waals surface area contributed by atoms with Crippen LogP contribution >= 0.6 is 0 Å². The summed E-state index contributed by atoms with van der Waals surface area (Å²) in [6.45, 7) is 6.63. The van der Waals surface area contributed by atoms with Crippen LogP contribution < -0.4 is 16.0 Å². The standard InChI is InChI=1S/C10H21N3O2/c1-2-15-7-3-4-13-10(14)9-8-11-5-6-12-9/h9,11-12H,2-8H2,1H3,(H,13,14). The Morgan fingerprint density at radius 1 is 1.53 bits per heavy atom. The summed E-state index contributed by atoms with van der Waals surface area (Å²) in [6.07, 6.45) is 0.875. The van der Waals surface area contributed by atoms with Gasteiger partial charge < -0.3 is 20.7 Å². The van der Waals surface area contributed by atoms with Gasteiger partial charge in [0.25, 0.3) is 0 Å². The molecule has 0 saturated carbocycles. The molecule has 5 heteroatoms. The molecule has 1 saturated heterocycles. The van der Waals surface area contributed by atoms with E-state index < -0.39 is 0 Å². The quantitative estimate of drug-likeness (QED) is 0.502. The number of ether oxygens (including phenoxy) is 1. The molecule has 1 fully saturated rings. The summed E-state index contributed by atoms with van der Waals surface area (Å²) in [7, 11) is 0. The van der Waals surface area contributed by atoms with E-state index in [-0.39, 0.29) is 11.9 Å². The molecule has 1 aliphatic rings. The van der Waals surface area contributed by atoms with Crippen molar-refractivity contribution in [2.75, 3.05) is 39.4 Å². The number of hydrogen-bond acceptors (Lipinski definition) is 4. The van der Waals surface area contributed by atoms with E-state index in [1.165, 1.54) is 0 Å². The van der Waals surface area contributed by atoms with E-state index in [2.05, 4.69) is 16.0 Å². The fourth-order valence-corrected chi connectivity index (χ4v) is 1.49. The lowest BCUT2D eigenvalue weighted by Gasteiger charge is -2.23. The van der Waals surface area contributed by atoms with E-state index in [1.807, 2.05) is 6.92 Å². The van der Waals surface area contributed by atoms with Gasteiger partial charge in [0.15, 0.2) is 0 Å². The van der Waals surface area contributed by atoms with Crippen LogP contribution in [0.2, 0.25) is 0 Å². The highest BCUT2D eigenvalue weighted by Gasteiger charge is 2.19. The van der Waals surface area contributed by atoms with Crippen molar-refractivity contribution in [3.63, 3.8) is 0 Å². The molecule has 1 atom stereocenters. The van der Waals surface area contributed by atoms with Crippen LogP contribution in [0.4, 0.5) is 0 Å². The van der Waals surface area contributed by atoms with Crippen molar-refractivity contribution >= 4 is 5.91 Å². The van der Waals surface area contributed by atoms with Gasteiger partial charge in [-0.05, 0) is 13.3 Å². The molecule has 1 rings (SSSR count). The molecule has 1 amide bonds. The highest BCUT2D eigenvalue weighted by molar-refractivity contribution is 5.82. The van der Waals surface area contributed by atoms with Crippen molar-refractivity contribution in [3.05, 3.63) is 0 Å². The summed E-state index contributed by atoms with van der Waals surface area (Å²) in [5.74, 6) is 0.0821. The van der Waals surface area contributed by atoms with Gasteiger partial charge in [-0.15, -0.1) is 0 Å². The van der Waals surface area contributed by atoms with Gasteiger partial charge in [-0.25, -0.2) is 0 Å². The molecule has 5 nitrogen and oxygen atoms in total. The zero-order valence-electron chi connectivity index (χ0n) is 9.34. The minimum atomic E-state index is -0.0779. The number of nitrogens with one attached hydrogen (secondary N) is 3. The first kappa shape index (κ1) is 12.4. The van der Waals surface area contributed by atoms with Crippen LogP contribution in [0, 0.1) is 0 Å². The molecule has 0 aliphatic carbocycles. The highest BCUT2D eigenvalue weighted by atomic mass is 16.5. The van der Waals surface area contributed by atoms with E-state index in [4.69, 9.17) is 4.74 Å². The lowest BCUT2D eigenvalue weighted by Crippen LogP contribution is -2.55. The molecule has 0 bridgehead atoms. The molecule has 1 unspecified atom stereocenters. The molecule has 0 aromatic rings. The van der Waals surface area contributed by atoms with Crippen LogP contribution in [0.5, 0.6) is 0 Å². The summed E-state index contributed by atoms with van der Waals surface area (Å²) in [5, 5.41) is 9.23. The summed E-state index contributed by atoms with van der Waals surface area (Å²) in [4.78, 5) is 11.6. The molecular weight excluding hydrogens is 194 g/mol. The smallest absolute Gasteiger partial charge is 0.238 e. The van der Waals surface area contributed by atoms with Gasteiger partial charge in [0.05, 0.1) is 6.04 Å². The maximum Gasteiger partial charge on any atom is 0.238 e. The van der Waals surface area contributed by atoms with Crippen LogP contribution in [0.3, 0.4) is 0 Å². The number of piperazine rings is 1. The van der Waals surface area contributed by atoms with Gasteiger partial charge in [0.1, 0.15) is 0 Å². The molecule has 0 aromatic heterocycles. The Morgan fingerprint density at radius 2 is 2.40 bits per heavy atom. The van der Waals surface area contributed by atoms with Gasteiger partial charge in [0, 0.05) is 39.4 Å². The molecule has 0 aromatic carbocycles. The predicted octanol–water partition coefficient (Wildman–Crippen LogP) is -0.909. The topological polar surface area (TPSA) is 62.4 Å². The van der Waals surface area contributed by atoms with Crippen LogP contribution in [0.15, 0.2) is 0 Å². The van der Waals surface area contributed by atoms with Gasteiger partial charge in [-0.2, -0.15) is 0 Å². The Balaban J connectivity index is 2.02. The van der Waals surface area contributed by atoms with Gasteiger partial charge >= 0.3 is 0 Å². The van der Waals surface area contributed by atoms with E-state index in [0.29, 0.717) is 13.2 Å². The molecule has 88 valence electrons. The lowest BCUT2D eigenvalue weighted by atomic mass is 10.2. The predicted molar refractivity (Wildman–Crippen MR) is 58.8 cm³/mol. The average Bonchev–Trinajstić information content (AvgIpc) is 2.30. The normalized spacial score (nSPS) is 21.3. The minimum Gasteiger partial charge on any atom is -0.382 e. The van der Waals surface area contributed by atoms with Crippen LogP contribution in [-0.2, 0) is 9.53 Å². The van der Waals surface area contributed by atoms with E-state index in [0.717, 1.165) is 32.7 Å². The molecule has 0 spiro atoms. The third kappa shape index (κ3) is 5.11. The zero-order chi connectivity index (χ0) is 10.9. The Hall–Kier alpha value is -0.650. The van der Waals surface area contributed by atoms with Crippen molar-refractivity contribution in [1.29, 1.82) is 0 Å². The fourth-order valence-electron chi connectivity index (χ4n) is 1.49. The Labute approximate surface area is 90.9 Å². The number of carbonyl (C=O) groups is 1. The summed E-state index contributed by atoms with van der Waals surface area (Å²) in [6, 6.07) is -0.0779. The lowest BCUT2D eigenvalue weighted by molar-refractivity contribution is -0.123. The van der Waals surface area contributed by atoms with Crippen LogP contribution in [0.25, 0.3) is 0 Å². The largest absolute Gasteiger partial charge is 0.382 e. The molecule has 1 aliphatic heterocycles. The summed E-state index contributed by atoms with van der Waals surface area (Å²) >= 11 is 0. The minimum absolute atomic E-state index is 0.0779. The van der Waals surface area contributed by atoms with Crippen molar-refractivity contribution in [2.24, 2.45) is 0 Å². The van der Waals surface area contributed by atoms with E-state index >= 15 is 0 Å². The van der Waals surface area contributed by atoms with Crippen molar-refractivity contribution in [3.8, 4) is 0 Å². The van der Waals surface area contributed by atoms with Gasteiger partial charge in [-0.1, -0.05) is 0 Å². The second kappa shape index (κ2) is 7.62. The number of rotatable bonds is 6. The molecule has 3 N–H and O–H groups in total. The second-order valence-corrected chi connectivity index (χ2v) is 3.55. The summed E-state index contributed by atoms with van der Waals surface area (Å²) < 4.78 is 5.18. The molecular formula is C10H21N3O2. The van der Waals surface area contributed by atoms with Crippen molar-refractivity contribution in [1.82, 2.24) is 16.0 Å². The first-order chi connectivity index (χ1) is 7.34. The van der Waals surface area contributed by atoms with Gasteiger partial charge in [-0.3, -0.25) is 4.79 Å². The van der Waals surface area contributed by atoms with E-state index in [1.54, 1.807) is 0 Å². The number of amides is 1. The first-order valence-electron chi connectivity index (χ1n) is 5.64. The van der Waals surface area contributed by atoms with Crippen LogP contribution in [0.1, 0.15) is 13.3 Å². The third-order valence-electron chi connectivity index (χ3n) is 2.33. The molecule has 15 heavy (non-hydrogen) atoms. The monoisotopic (exact) mass is 215 g/mol. The first-order valence-corrected chi connectivity index (χ1v) is 5.64. The molecule has 1 heterocycles. The number of carbonyl (C=O) groups excluding carboxylic acids is 1. The summed E-state index contributed by atoms with van der Waals surface area (Å²) in [5.41, 5.74) is 0. The highest BCUT2D eigenvalue weighted by Crippen LogP contribution is 1.88. The van der Waals surface area contributed by atoms with Crippen molar-refractivity contribution < 1.29 is 9.53 Å². The Kier molecular flexibility index (Phi) is 6.31. The van der Waals surface area contributed by atoms with Gasteiger partial charge in [0.2, 0.25) is 5.91 Å². The Bertz CT molecular complexity index is 182. The van der Waals surface area contributed by atoms with Crippen LogP contribution in [-0.4, -0.2) is 51.3 Å².